The predicted octanol–water partition coefficient (Wildman–Crippen LogP) is 8.64. The third-order valence-electron chi connectivity index (χ3n) is 8.05. The highest BCUT2D eigenvalue weighted by Gasteiger charge is 2.37. The lowest BCUT2D eigenvalue weighted by molar-refractivity contribution is 0.632. The Labute approximate surface area is 227 Å². The second-order valence-corrected chi connectivity index (χ2v) is 10.5. The minimum Gasteiger partial charge on any atom is -0.309 e. The van der Waals surface area contributed by atoms with Crippen molar-refractivity contribution in [1.29, 1.82) is 10.5 Å². The molecular weight excluding hydrogens is 476 g/mol. The van der Waals surface area contributed by atoms with Crippen molar-refractivity contribution in [1.82, 2.24) is 4.57 Å². The average molecular weight is 501 g/mol. The Kier molecular flexibility index (Phi) is 4.89. The molecule has 0 amide bonds. The first-order chi connectivity index (χ1) is 19.0. The van der Waals surface area contributed by atoms with E-state index in [9.17, 15) is 10.5 Å². The molecule has 0 radical (unpaired) electrons. The molecule has 0 aliphatic carbocycles. The Morgan fingerprint density at radius 2 is 1.10 bits per heavy atom. The molecule has 0 spiro atoms. The summed E-state index contributed by atoms with van der Waals surface area (Å²) in [5.41, 5.74) is 8.53. The van der Waals surface area contributed by atoms with Crippen LogP contribution < -0.4 is 4.90 Å². The summed E-state index contributed by atoms with van der Waals surface area (Å²) in [5.74, 6) is 0. The molecule has 184 valence electrons. The molecule has 0 unspecified atom stereocenters. The van der Waals surface area contributed by atoms with E-state index in [0.29, 0.717) is 16.8 Å². The van der Waals surface area contributed by atoms with Crippen molar-refractivity contribution in [3.63, 3.8) is 0 Å². The van der Waals surface area contributed by atoms with Gasteiger partial charge in [-0.1, -0.05) is 86.6 Å². The van der Waals surface area contributed by atoms with E-state index in [-0.39, 0.29) is 5.41 Å². The van der Waals surface area contributed by atoms with Gasteiger partial charge in [-0.05, 0) is 47.5 Å². The van der Waals surface area contributed by atoms with Gasteiger partial charge in [-0.25, -0.2) is 0 Å². The maximum absolute atomic E-state index is 10.4. The van der Waals surface area contributed by atoms with E-state index in [1.807, 2.05) is 42.5 Å². The molecule has 4 nitrogen and oxygen atoms in total. The van der Waals surface area contributed by atoms with Gasteiger partial charge < -0.3 is 9.47 Å². The van der Waals surface area contributed by atoms with E-state index < -0.39 is 0 Å². The first-order valence-corrected chi connectivity index (χ1v) is 13.0. The molecular formula is C35H24N4. The van der Waals surface area contributed by atoms with Crippen LogP contribution >= 0.6 is 0 Å². The molecule has 1 aromatic heterocycles. The number of anilines is 3. The summed E-state index contributed by atoms with van der Waals surface area (Å²) >= 11 is 0. The first-order valence-electron chi connectivity index (χ1n) is 13.0. The molecule has 0 fully saturated rings. The van der Waals surface area contributed by atoms with Crippen molar-refractivity contribution in [2.75, 3.05) is 4.90 Å². The topological polar surface area (TPSA) is 55.8 Å². The van der Waals surface area contributed by atoms with Crippen molar-refractivity contribution in [3.8, 4) is 17.8 Å². The summed E-state index contributed by atoms with van der Waals surface area (Å²) < 4.78 is 2.20. The van der Waals surface area contributed by atoms with Gasteiger partial charge >= 0.3 is 0 Å². The summed E-state index contributed by atoms with van der Waals surface area (Å²) in [6.45, 7) is 4.48. The molecule has 1 aliphatic heterocycles. The number of para-hydroxylation sites is 4. The number of nitrogens with zero attached hydrogens (tertiary/aromatic N) is 4. The molecule has 0 N–H and O–H groups in total. The van der Waals surface area contributed by atoms with Crippen LogP contribution in [0.3, 0.4) is 0 Å². The number of benzene rings is 5. The highest BCUT2D eigenvalue weighted by Crippen LogP contribution is 2.52. The monoisotopic (exact) mass is 500 g/mol. The standard InChI is InChI=1S/C35H24N4/c1-35(2)28-13-5-9-17-32(28)39(33-18-10-6-14-29(33)35)34-20-24(19-23(21-36)27(34)22-37)38-30-15-7-3-11-25(30)26-12-4-8-16-31(26)38/h3-20H,1-2H3. The number of fused-ring (bicyclic) bond motifs is 5. The summed E-state index contributed by atoms with van der Waals surface area (Å²) in [7, 11) is 0. The van der Waals surface area contributed by atoms with E-state index in [2.05, 4.69) is 102 Å². The van der Waals surface area contributed by atoms with Gasteiger partial charge in [-0.15, -0.1) is 0 Å². The molecule has 1 aliphatic rings. The van der Waals surface area contributed by atoms with Gasteiger partial charge in [-0.2, -0.15) is 10.5 Å². The number of aromatic nitrogens is 1. The average Bonchev–Trinajstić information content (AvgIpc) is 3.31. The summed E-state index contributed by atoms with van der Waals surface area (Å²) in [5, 5.41) is 22.9. The summed E-state index contributed by atoms with van der Waals surface area (Å²) in [6.07, 6.45) is 0. The van der Waals surface area contributed by atoms with Crippen LogP contribution in [0.1, 0.15) is 36.1 Å². The number of hydrogen-bond acceptors (Lipinski definition) is 3. The highest BCUT2D eigenvalue weighted by atomic mass is 15.2. The largest absolute Gasteiger partial charge is 0.309 e. The summed E-state index contributed by atoms with van der Waals surface area (Å²) in [6, 6.07) is 41.9. The van der Waals surface area contributed by atoms with Gasteiger partial charge in [0.2, 0.25) is 0 Å². The Morgan fingerprint density at radius 1 is 0.590 bits per heavy atom. The second-order valence-electron chi connectivity index (χ2n) is 10.5. The molecule has 39 heavy (non-hydrogen) atoms. The number of hydrogen-bond donors (Lipinski definition) is 0. The fraction of sp³-hybridized carbons (Fsp3) is 0.0857. The van der Waals surface area contributed by atoms with Crippen LogP contribution in [-0.2, 0) is 5.41 Å². The van der Waals surface area contributed by atoms with E-state index in [0.717, 1.165) is 38.9 Å². The lowest BCUT2D eigenvalue weighted by Crippen LogP contribution is -2.31. The molecule has 2 heterocycles. The normalized spacial score (nSPS) is 13.5. The van der Waals surface area contributed by atoms with Gasteiger partial charge in [0.1, 0.15) is 12.1 Å². The van der Waals surface area contributed by atoms with Crippen LogP contribution in [0.2, 0.25) is 0 Å². The molecule has 0 saturated carbocycles. The van der Waals surface area contributed by atoms with Gasteiger partial charge in [0, 0.05) is 21.9 Å². The fourth-order valence-corrected chi connectivity index (χ4v) is 6.25. The Bertz CT molecular complexity index is 1930. The Morgan fingerprint density at radius 3 is 1.64 bits per heavy atom. The van der Waals surface area contributed by atoms with Gasteiger partial charge in [-0.3, -0.25) is 0 Å². The molecule has 6 aromatic rings. The SMILES string of the molecule is CC1(C)c2ccccc2N(c2cc(-n3c4ccccc4c4ccccc43)cc(C#N)c2C#N)c2ccccc21. The van der Waals surface area contributed by atoms with Crippen LogP contribution in [0.5, 0.6) is 0 Å². The van der Waals surface area contributed by atoms with E-state index in [4.69, 9.17) is 0 Å². The van der Waals surface area contributed by atoms with Gasteiger partial charge in [0.05, 0.1) is 39.2 Å². The second kappa shape index (κ2) is 8.35. The Balaban J connectivity index is 1.60. The van der Waals surface area contributed by atoms with Crippen molar-refractivity contribution in [3.05, 3.63) is 131 Å². The van der Waals surface area contributed by atoms with Crippen LogP contribution in [0, 0.1) is 22.7 Å². The smallest absolute Gasteiger partial charge is 0.103 e. The van der Waals surface area contributed by atoms with Crippen LogP contribution in [0.15, 0.2) is 109 Å². The van der Waals surface area contributed by atoms with E-state index in [1.54, 1.807) is 0 Å². The third-order valence-corrected chi connectivity index (χ3v) is 8.05. The minimum absolute atomic E-state index is 0.223. The summed E-state index contributed by atoms with van der Waals surface area (Å²) in [4.78, 5) is 2.16. The maximum Gasteiger partial charge on any atom is 0.103 e. The van der Waals surface area contributed by atoms with E-state index >= 15 is 0 Å². The fourth-order valence-electron chi connectivity index (χ4n) is 6.25. The maximum atomic E-state index is 10.4. The Hall–Kier alpha value is -5.32. The molecule has 0 saturated heterocycles. The molecule has 4 heteroatoms. The quantitative estimate of drug-likeness (QED) is 0.239. The zero-order chi connectivity index (χ0) is 26.7. The zero-order valence-corrected chi connectivity index (χ0v) is 21.7. The molecule has 5 aromatic carbocycles. The van der Waals surface area contributed by atoms with Crippen molar-refractivity contribution in [2.45, 2.75) is 19.3 Å². The third kappa shape index (κ3) is 3.16. The van der Waals surface area contributed by atoms with E-state index in [1.165, 1.54) is 11.1 Å². The minimum atomic E-state index is -0.223. The van der Waals surface area contributed by atoms with Crippen molar-refractivity contribution >= 4 is 38.9 Å². The number of rotatable bonds is 2. The zero-order valence-electron chi connectivity index (χ0n) is 21.7. The lowest BCUT2D eigenvalue weighted by atomic mass is 9.73. The van der Waals surface area contributed by atoms with Gasteiger partial charge in [0.25, 0.3) is 0 Å². The van der Waals surface area contributed by atoms with Crippen LogP contribution in [0.4, 0.5) is 17.1 Å². The van der Waals surface area contributed by atoms with Gasteiger partial charge in [0.15, 0.2) is 0 Å². The molecule has 0 bridgehead atoms. The van der Waals surface area contributed by atoms with Crippen molar-refractivity contribution in [2.24, 2.45) is 0 Å². The van der Waals surface area contributed by atoms with Crippen LogP contribution in [-0.4, -0.2) is 4.57 Å². The number of nitriles is 2. The van der Waals surface area contributed by atoms with Crippen molar-refractivity contribution < 1.29 is 0 Å². The highest BCUT2D eigenvalue weighted by molar-refractivity contribution is 6.09. The van der Waals surface area contributed by atoms with Crippen LogP contribution in [0.25, 0.3) is 27.5 Å². The first kappa shape index (κ1) is 22.8. The lowest BCUT2D eigenvalue weighted by Gasteiger charge is -2.42. The predicted molar refractivity (Wildman–Crippen MR) is 157 cm³/mol. The molecule has 0 atom stereocenters. The molecule has 7 rings (SSSR count).